The van der Waals surface area contributed by atoms with Gasteiger partial charge < -0.3 is 5.32 Å². The van der Waals surface area contributed by atoms with E-state index in [2.05, 4.69) is 35.3 Å². The lowest BCUT2D eigenvalue weighted by atomic mass is 9.82. The number of fused-ring (bicyclic) bond motifs is 2. The Kier molecular flexibility index (Phi) is 12.1. The summed E-state index contributed by atoms with van der Waals surface area (Å²) in [4.78, 5) is 18.0. The van der Waals surface area contributed by atoms with Gasteiger partial charge in [-0.15, -0.1) is 0 Å². The molecule has 9 aromatic rings. The number of nitrogens with zero attached hydrogens (tertiary/aromatic N) is 7. The second-order valence-electron chi connectivity index (χ2n) is 15.4. The first-order valence-electron chi connectivity index (χ1n) is 20.6. The Hall–Kier alpha value is -7.14. The number of hydrogen-bond acceptors (Lipinski definition) is 9. The zero-order chi connectivity index (χ0) is 44.2. The minimum atomic E-state index is -3.35. The van der Waals surface area contributed by atoms with Crippen LogP contribution in [0.25, 0.3) is 78.0 Å². The number of H-pyrrole nitrogens is 1. The Bertz CT molecular complexity index is 3160. The van der Waals surface area contributed by atoms with Gasteiger partial charge in [0.15, 0.2) is 11.3 Å². The third kappa shape index (κ3) is 9.15. The van der Waals surface area contributed by atoms with Crippen molar-refractivity contribution in [3.63, 3.8) is 0 Å². The average molecular weight is 879 g/mol. The number of piperidine rings is 1. The Morgan fingerprint density at radius 1 is 0.656 bits per heavy atom. The molecule has 16 heteroatoms. The molecule has 322 valence electrons. The van der Waals surface area contributed by atoms with Gasteiger partial charge in [0, 0.05) is 76.1 Å². The predicted octanol–water partition coefficient (Wildman–Crippen LogP) is 8.95. The first-order valence-corrected chi connectivity index (χ1v) is 22.5. The lowest BCUT2D eigenvalue weighted by Gasteiger charge is -2.27. The number of aromatic amines is 1. The molecule has 6 aromatic heterocycles. The Morgan fingerprint density at radius 2 is 1.17 bits per heavy atom. The van der Waals surface area contributed by atoms with Crippen LogP contribution in [0.15, 0.2) is 134 Å². The molecule has 0 amide bonds. The monoisotopic (exact) mass is 878 g/mol. The van der Waals surface area contributed by atoms with Crippen LogP contribution in [-0.4, -0.2) is 74.2 Å². The van der Waals surface area contributed by atoms with E-state index < -0.39 is 10.0 Å². The highest BCUT2D eigenvalue weighted by atomic mass is 32.2. The SMILES string of the molecule is CS(=O)(=O)NCCn1cc2c(-c3ccc(F)cc3)c(-c3ccncc3)c(-c3ccc(F)cc3)nc2n1.Fc1ccc(-c2nc3[nH]ncc3c(C3CCNCC3)c2-c2ccncc2)cc1. The van der Waals surface area contributed by atoms with Gasteiger partial charge in [0.25, 0.3) is 0 Å². The summed E-state index contributed by atoms with van der Waals surface area (Å²) in [6.45, 7) is 2.42. The third-order valence-electron chi connectivity index (χ3n) is 11.1. The van der Waals surface area contributed by atoms with E-state index >= 15 is 0 Å². The van der Waals surface area contributed by atoms with Gasteiger partial charge in [-0.25, -0.2) is 36.3 Å². The lowest BCUT2D eigenvalue weighted by Crippen LogP contribution is -2.27. The number of pyridine rings is 4. The van der Waals surface area contributed by atoms with E-state index in [-0.39, 0.29) is 30.5 Å². The molecule has 64 heavy (non-hydrogen) atoms. The lowest BCUT2D eigenvalue weighted by molar-refractivity contribution is 0.463. The molecule has 1 aliphatic rings. The Labute approximate surface area is 366 Å². The molecular weight excluding hydrogens is 838 g/mol. The van der Waals surface area contributed by atoms with Crippen LogP contribution in [0.3, 0.4) is 0 Å². The number of benzene rings is 3. The molecule has 0 radical (unpaired) electrons. The molecule has 12 nitrogen and oxygen atoms in total. The Morgan fingerprint density at radius 3 is 1.73 bits per heavy atom. The van der Waals surface area contributed by atoms with Gasteiger partial charge in [0.1, 0.15) is 17.5 Å². The summed E-state index contributed by atoms with van der Waals surface area (Å²) >= 11 is 0. The van der Waals surface area contributed by atoms with Crippen LogP contribution < -0.4 is 10.0 Å². The first kappa shape index (κ1) is 42.2. The summed E-state index contributed by atoms with van der Waals surface area (Å²) in [5.74, 6) is -0.579. The first-order chi connectivity index (χ1) is 31.1. The summed E-state index contributed by atoms with van der Waals surface area (Å²) in [7, 11) is -3.35. The molecule has 10 rings (SSSR count). The van der Waals surface area contributed by atoms with Crippen molar-refractivity contribution in [2.45, 2.75) is 25.3 Å². The van der Waals surface area contributed by atoms with Crippen molar-refractivity contribution >= 4 is 32.1 Å². The average Bonchev–Trinajstić information content (AvgIpc) is 3.96. The highest BCUT2D eigenvalue weighted by Crippen LogP contribution is 2.44. The van der Waals surface area contributed by atoms with Crippen molar-refractivity contribution < 1.29 is 21.6 Å². The van der Waals surface area contributed by atoms with Crippen LogP contribution in [0.1, 0.15) is 24.3 Å². The molecule has 1 aliphatic heterocycles. The molecule has 0 saturated carbocycles. The quantitative estimate of drug-likeness (QED) is 0.122. The van der Waals surface area contributed by atoms with E-state index in [4.69, 9.17) is 9.97 Å². The maximum Gasteiger partial charge on any atom is 0.208 e. The van der Waals surface area contributed by atoms with E-state index in [0.717, 1.165) is 87.9 Å². The topological polar surface area (TPSA) is 156 Å². The Balaban J connectivity index is 0.000000167. The third-order valence-corrected chi connectivity index (χ3v) is 11.8. The number of halogens is 3. The summed E-state index contributed by atoms with van der Waals surface area (Å²) < 4.78 is 68.1. The molecule has 1 saturated heterocycles. The maximum absolute atomic E-state index is 13.8. The van der Waals surface area contributed by atoms with Crippen LogP contribution in [-0.2, 0) is 16.6 Å². The molecule has 3 N–H and O–H groups in total. The van der Waals surface area contributed by atoms with Crippen molar-refractivity contribution in [3.05, 3.63) is 157 Å². The van der Waals surface area contributed by atoms with Crippen molar-refractivity contribution in [2.75, 3.05) is 25.9 Å². The summed E-state index contributed by atoms with van der Waals surface area (Å²) in [6.07, 6.45) is 13.8. The molecule has 0 spiro atoms. The van der Waals surface area contributed by atoms with Crippen molar-refractivity contribution in [2.24, 2.45) is 0 Å². The smallest absolute Gasteiger partial charge is 0.208 e. The summed E-state index contributed by atoms with van der Waals surface area (Å²) in [5.41, 5.74) is 10.7. The van der Waals surface area contributed by atoms with Crippen LogP contribution in [0, 0.1) is 17.5 Å². The van der Waals surface area contributed by atoms with Crippen LogP contribution in [0.5, 0.6) is 0 Å². The van der Waals surface area contributed by atoms with Crippen LogP contribution >= 0.6 is 0 Å². The molecule has 0 unspecified atom stereocenters. The molecule has 3 aromatic carbocycles. The van der Waals surface area contributed by atoms with Gasteiger partial charge in [-0.05, 0) is 139 Å². The van der Waals surface area contributed by atoms with E-state index in [1.807, 2.05) is 30.5 Å². The van der Waals surface area contributed by atoms with E-state index in [1.54, 1.807) is 72.1 Å². The van der Waals surface area contributed by atoms with Gasteiger partial charge in [-0.3, -0.25) is 19.7 Å². The molecule has 0 bridgehead atoms. The minimum absolute atomic E-state index is 0.154. The zero-order valence-corrected chi connectivity index (χ0v) is 35.3. The van der Waals surface area contributed by atoms with Gasteiger partial charge >= 0.3 is 0 Å². The molecular formula is C48H41F3N10O2S. The highest BCUT2D eigenvalue weighted by Gasteiger charge is 2.27. The van der Waals surface area contributed by atoms with Gasteiger partial charge in [0.2, 0.25) is 10.0 Å². The zero-order valence-electron chi connectivity index (χ0n) is 34.5. The minimum Gasteiger partial charge on any atom is -0.317 e. The molecule has 0 aliphatic carbocycles. The highest BCUT2D eigenvalue weighted by molar-refractivity contribution is 7.88. The van der Waals surface area contributed by atoms with E-state index in [1.165, 1.54) is 42.0 Å². The van der Waals surface area contributed by atoms with Crippen molar-refractivity contribution in [3.8, 4) is 55.9 Å². The van der Waals surface area contributed by atoms with Crippen LogP contribution in [0.2, 0.25) is 0 Å². The summed E-state index contributed by atoms with van der Waals surface area (Å²) in [5, 5.41) is 17.1. The number of aromatic nitrogens is 8. The number of sulfonamides is 1. The fraction of sp³-hybridized carbons (Fsp3) is 0.167. The van der Waals surface area contributed by atoms with Crippen LogP contribution in [0.4, 0.5) is 13.2 Å². The fourth-order valence-electron chi connectivity index (χ4n) is 8.23. The second kappa shape index (κ2) is 18.3. The normalized spacial score (nSPS) is 13.2. The molecule has 7 heterocycles. The summed E-state index contributed by atoms with van der Waals surface area (Å²) in [6, 6.07) is 26.4. The fourth-order valence-corrected chi connectivity index (χ4v) is 8.69. The predicted molar refractivity (Wildman–Crippen MR) is 242 cm³/mol. The largest absolute Gasteiger partial charge is 0.317 e. The standard InChI is InChI=1S/C26H21F2N5O2S.C22H20FN5/c1-36(34,35)30-14-15-33-16-22-23(17-2-6-20(27)7-3-17)24(18-10-12-29-13-11-18)25(31-26(22)32-33)19-4-8-21(28)9-5-19;23-17-3-1-16(2-4-17)21-20(15-7-11-25-12-8-15)19(14-5-9-24-10-6-14)18-13-26-28-22(18)27-21/h2-13,16,30H,14-15H2,1H3;1-4,7-8,11-14,24H,5-6,9-10H2,(H,26,27,28). The number of nitrogens with one attached hydrogen (secondary N) is 3. The molecule has 0 atom stereocenters. The van der Waals surface area contributed by atoms with E-state index in [9.17, 15) is 21.6 Å². The van der Waals surface area contributed by atoms with Gasteiger partial charge in [-0.1, -0.05) is 12.1 Å². The number of rotatable bonds is 10. The van der Waals surface area contributed by atoms with Gasteiger partial charge in [0.05, 0.1) is 30.4 Å². The second-order valence-corrected chi connectivity index (χ2v) is 17.2. The number of hydrogen-bond donors (Lipinski definition) is 3. The van der Waals surface area contributed by atoms with E-state index in [0.29, 0.717) is 28.2 Å². The maximum atomic E-state index is 13.8. The van der Waals surface area contributed by atoms with Gasteiger partial charge in [-0.2, -0.15) is 10.2 Å². The van der Waals surface area contributed by atoms with Crippen molar-refractivity contribution in [1.82, 2.24) is 50.0 Å². The van der Waals surface area contributed by atoms with Crippen molar-refractivity contribution in [1.29, 1.82) is 0 Å². The molecule has 1 fully saturated rings.